The maximum absolute atomic E-state index is 6.50. The third-order valence-electron chi connectivity index (χ3n) is 4.92. The summed E-state index contributed by atoms with van der Waals surface area (Å²) in [7, 11) is 0. The molecule has 1 aromatic carbocycles. The molecule has 0 radical (unpaired) electrons. The number of nitrogens with one attached hydrogen (secondary N) is 1. The van der Waals surface area contributed by atoms with Crippen LogP contribution in [0, 0.1) is 0 Å². The summed E-state index contributed by atoms with van der Waals surface area (Å²) >= 11 is 0. The molecule has 27 heavy (non-hydrogen) atoms. The van der Waals surface area contributed by atoms with Gasteiger partial charge >= 0.3 is 0 Å². The van der Waals surface area contributed by atoms with Crippen molar-refractivity contribution in [2.45, 2.75) is 38.3 Å². The van der Waals surface area contributed by atoms with Crippen molar-refractivity contribution in [3.8, 4) is 0 Å². The molecule has 6 nitrogen and oxygen atoms in total. The van der Waals surface area contributed by atoms with Gasteiger partial charge in [-0.05, 0) is 30.5 Å². The van der Waals surface area contributed by atoms with E-state index in [2.05, 4.69) is 32.4 Å². The highest BCUT2D eigenvalue weighted by atomic mass is 15.3. The summed E-state index contributed by atoms with van der Waals surface area (Å²) in [6, 6.07) is 16.5. The van der Waals surface area contributed by atoms with Gasteiger partial charge in [-0.3, -0.25) is 0 Å². The molecule has 0 saturated heterocycles. The number of anilines is 4. The Balaban J connectivity index is 1.69. The Morgan fingerprint density at radius 3 is 2.48 bits per heavy atom. The molecule has 1 aliphatic rings. The molecule has 3 N–H and O–H groups in total. The first kappa shape index (κ1) is 17.3. The van der Waals surface area contributed by atoms with Gasteiger partial charge in [-0.15, -0.1) is 0 Å². The van der Waals surface area contributed by atoms with Crippen LogP contribution in [0.15, 0.2) is 61.1 Å². The fourth-order valence-electron chi connectivity index (χ4n) is 3.52. The predicted molar refractivity (Wildman–Crippen MR) is 109 cm³/mol. The van der Waals surface area contributed by atoms with Crippen LogP contribution in [0.5, 0.6) is 0 Å². The first-order chi connectivity index (χ1) is 13.3. The van der Waals surface area contributed by atoms with Crippen molar-refractivity contribution in [1.82, 2.24) is 15.0 Å². The molecule has 0 spiro atoms. The second-order valence-electron chi connectivity index (χ2n) is 6.84. The minimum Gasteiger partial charge on any atom is -0.393 e. The van der Waals surface area contributed by atoms with Crippen LogP contribution in [-0.2, 0) is 6.54 Å². The summed E-state index contributed by atoms with van der Waals surface area (Å²) in [5, 5.41) is 3.50. The monoisotopic (exact) mass is 360 g/mol. The highest BCUT2D eigenvalue weighted by Gasteiger charge is 2.21. The molecule has 1 saturated carbocycles. The van der Waals surface area contributed by atoms with Gasteiger partial charge < -0.3 is 16.0 Å². The minimum atomic E-state index is 0.437. The second-order valence-corrected chi connectivity index (χ2v) is 6.84. The van der Waals surface area contributed by atoms with E-state index in [1.807, 2.05) is 41.3 Å². The molecule has 0 bridgehead atoms. The van der Waals surface area contributed by atoms with E-state index in [1.54, 1.807) is 12.5 Å². The van der Waals surface area contributed by atoms with Crippen LogP contribution in [0.4, 0.5) is 23.1 Å². The molecule has 1 fully saturated rings. The molecule has 0 amide bonds. The standard InChI is InChI=1S/C21H24N6/c22-19-20(26-17-10-4-5-11-17)24-15-25-21(19)27(18-12-6-7-13-23-18)14-16-8-2-1-3-9-16/h1-3,6-9,12-13,15,17H,4-5,10-11,14,22H2,(H,24,25,26). The van der Waals surface area contributed by atoms with Gasteiger partial charge in [0.15, 0.2) is 11.6 Å². The van der Waals surface area contributed by atoms with Gasteiger partial charge in [-0.25, -0.2) is 15.0 Å². The summed E-state index contributed by atoms with van der Waals surface area (Å²) in [6.07, 6.45) is 8.18. The number of nitrogens with two attached hydrogens (primary N) is 1. The molecule has 4 rings (SSSR count). The van der Waals surface area contributed by atoms with E-state index in [9.17, 15) is 0 Å². The van der Waals surface area contributed by atoms with E-state index in [4.69, 9.17) is 5.73 Å². The summed E-state index contributed by atoms with van der Waals surface area (Å²) in [6.45, 7) is 0.627. The number of hydrogen-bond donors (Lipinski definition) is 2. The van der Waals surface area contributed by atoms with E-state index in [0.29, 0.717) is 29.9 Å². The predicted octanol–water partition coefficient (Wildman–Crippen LogP) is 4.15. The smallest absolute Gasteiger partial charge is 0.163 e. The maximum Gasteiger partial charge on any atom is 0.163 e. The lowest BCUT2D eigenvalue weighted by molar-refractivity contribution is 0.750. The minimum absolute atomic E-state index is 0.437. The Morgan fingerprint density at radius 1 is 0.963 bits per heavy atom. The van der Waals surface area contributed by atoms with Gasteiger partial charge in [0, 0.05) is 12.2 Å². The third kappa shape index (κ3) is 4.00. The van der Waals surface area contributed by atoms with Gasteiger partial charge in [0.05, 0.1) is 6.54 Å². The summed E-state index contributed by atoms with van der Waals surface area (Å²) in [5.74, 6) is 2.19. The Hall–Kier alpha value is -3.15. The number of pyridine rings is 1. The number of hydrogen-bond acceptors (Lipinski definition) is 6. The zero-order chi connectivity index (χ0) is 18.5. The van der Waals surface area contributed by atoms with Crippen LogP contribution in [0.3, 0.4) is 0 Å². The normalized spacial score (nSPS) is 14.2. The second kappa shape index (κ2) is 8.03. The van der Waals surface area contributed by atoms with Crippen molar-refractivity contribution in [2.75, 3.05) is 16.0 Å². The Morgan fingerprint density at radius 2 is 1.74 bits per heavy atom. The quantitative estimate of drug-likeness (QED) is 0.687. The number of aromatic nitrogens is 3. The summed E-state index contributed by atoms with van der Waals surface area (Å²) in [4.78, 5) is 15.4. The van der Waals surface area contributed by atoms with Crippen LogP contribution >= 0.6 is 0 Å². The van der Waals surface area contributed by atoms with Crippen LogP contribution in [0.2, 0.25) is 0 Å². The number of benzene rings is 1. The average Bonchev–Trinajstić information content (AvgIpc) is 3.23. The molecule has 3 aromatic rings. The molecule has 1 aliphatic carbocycles. The lowest BCUT2D eigenvalue weighted by atomic mass is 10.2. The molecule has 2 aromatic heterocycles. The van der Waals surface area contributed by atoms with Crippen molar-refractivity contribution in [3.05, 3.63) is 66.6 Å². The Labute approximate surface area is 159 Å². The molecule has 6 heteroatoms. The van der Waals surface area contributed by atoms with Crippen molar-refractivity contribution in [3.63, 3.8) is 0 Å². The van der Waals surface area contributed by atoms with Crippen molar-refractivity contribution in [1.29, 1.82) is 0 Å². The summed E-state index contributed by atoms with van der Waals surface area (Å²) < 4.78 is 0. The molecular formula is C21H24N6. The zero-order valence-electron chi connectivity index (χ0n) is 15.3. The lowest BCUT2D eigenvalue weighted by Gasteiger charge is -2.25. The van der Waals surface area contributed by atoms with Crippen molar-refractivity contribution in [2.24, 2.45) is 0 Å². The fourth-order valence-corrected chi connectivity index (χ4v) is 3.52. The first-order valence-corrected chi connectivity index (χ1v) is 9.41. The first-order valence-electron chi connectivity index (χ1n) is 9.41. The lowest BCUT2D eigenvalue weighted by Crippen LogP contribution is -2.22. The zero-order valence-corrected chi connectivity index (χ0v) is 15.3. The molecular weight excluding hydrogens is 336 g/mol. The third-order valence-corrected chi connectivity index (χ3v) is 4.92. The van der Waals surface area contributed by atoms with Crippen molar-refractivity contribution < 1.29 is 0 Å². The van der Waals surface area contributed by atoms with E-state index < -0.39 is 0 Å². The fraction of sp³-hybridized carbons (Fsp3) is 0.286. The average molecular weight is 360 g/mol. The largest absolute Gasteiger partial charge is 0.393 e. The van der Waals surface area contributed by atoms with E-state index in [-0.39, 0.29) is 0 Å². The highest BCUT2D eigenvalue weighted by molar-refractivity contribution is 5.78. The van der Waals surface area contributed by atoms with E-state index >= 15 is 0 Å². The molecule has 138 valence electrons. The molecule has 0 aliphatic heterocycles. The number of rotatable bonds is 6. The van der Waals surface area contributed by atoms with E-state index in [0.717, 1.165) is 24.2 Å². The SMILES string of the molecule is Nc1c(NC2CCCC2)ncnc1N(Cc1ccccc1)c1ccccn1. The van der Waals surface area contributed by atoms with Gasteiger partial charge in [-0.2, -0.15) is 0 Å². The topological polar surface area (TPSA) is 80.0 Å². The van der Waals surface area contributed by atoms with Crippen molar-refractivity contribution >= 4 is 23.1 Å². The number of nitrogens with zero attached hydrogens (tertiary/aromatic N) is 4. The molecule has 0 unspecified atom stereocenters. The molecule has 2 heterocycles. The van der Waals surface area contributed by atoms with Gasteiger partial charge in [-0.1, -0.05) is 49.2 Å². The summed E-state index contributed by atoms with van der Waals surface area (Å²) in [5.41, 5.74) is 8.22. The highest BCUT2D eigenvalue weighted by Crippen LogP contribution is 2.33. The van der Waals surface area contributed by atoms with Gasteiger partial charge in [0.2, 0.25) is 0 Å². The number of nitrogen functional groups attached to an aromatic ring is 1. The van der Waals surface area contributed by atoms with Crippen LogP contribution < -0.4 is 16.0 Å². The molecule has 0 atom stereocenters. The van der Waals surface area contributed by atoms with E-state index in [1.165, 1.54) is 12.8 Å². The van der Waals surface area contributed by atoms with Crippen LogP contribution in [-0.4, -0.2) is 21.0 Å². The van der Waals surface area contributed by atoms with Crippen LogP contribution in [0.1, 0.15) is 31.2 Å². The Bertz CT molecular complexity index is 862. The Kier molecular flexibility index (Phi) is 5.14. The van der Waals surface area contributed by atoms with Gasteiger partial charge in [0.25, 0.3) is 0 Å². The maximum atomic E-state index is 6.50. The van der Waals surface area contributed by atoms with Crippen LogP contribution in [0.25, 0.3) is 0 Å². The van der Waals surface area contributed by atoms with Gasteiger partial charge in [0.1, 0.15) is 17.8 Å².